The van der Waals surface area contributed by atoms with Crippen molar-refractivity contribution in [3.63, 3.8) is 0 Å². The summed E-state index contributed by atoms with van der Waals surface area (Å²) in [5.74, 6) is 1.58. The first kappa shape index (κ1) is 16.5. The van der Waals surface area contributed by atoms with E-state index >= 15 is 0 Å². The van der Waals surface area contributed by atoms with E-state index in [1.807, 2.05) is 19.1 Å². The second-order valence-corrected chi connectivity index (χ2v) is 7.11. The van der Waals surface area contributed by atoms with Crippen LogP contribution >= 0.6 is 0 Å². The smallest absolute Gasteiger partial charge is 0.126 e. The number of benzene rings is 1. The molecule has 0 aromatic heterocycles. The number of nitrogens with one attached hydrogen (secondary N) is 1. The third kappa shape index (κ3) is 4.54. The van der Waals surface area contributed by atoms with E-state index in [0.29, 0.717) is 6.04 Å². The zero-order valence-corrected chi connectivity index (χ0v) is 14.0. The van der Waals surface area contributed by atoms with Crippen LogP contribution in [0, 0.1) is 24.6 Å². The average molecular weight is 291 g/mol. The molecule has 0 amide bonds. The lowest BCUT2D eigenvalue weighted by molar-refractivity contribution is 0.335. The molecule has 3 unspecified atom stereocenters. The van der Waals surface area contributed by atoms with Crippen LogP contribution in [0.1, 0.15) is 70.0 Å². The van der Waals surface area contributed by atoms with Gasteiger partial charge in [0.2, 0.25) is 0 Å². The van der Waals surface area contributed by atoms with Crippen LogP contribution in [0.15, 0.2) is 18.2 Å². The molecule has 1 nitrogen and oxygen atoms in total. The molecule has 0 bridgehead atoms. The molecule has 1 aliphatic carbocycles. The Bertz CT molecular complexity index is 455. The molecule has 1 aliphatic rings. The van der Waals surface area contributed by atoms with Crippen molar-refractivity contribution in [2.45, 2.75) is 71.9 Å². The fraction of sp³-hybridized carbons (Fsp3) is 0.684. The number of hydrogen-bond acceptors (Lipinski definition) is 1. The van der Waals surface area contributed by atoms with Gasteiger partial charge < -0.3 is 5.32 Å². The van der Waals surface area contributed by atoms with Crippen molar-refractivity contribution in [1.82, 2.24) is 5.32 Å². The van der Waals surface area contributed by atoms with Gasteiger partial charge in [-0.05, 0) is 62.1 Å². The third-order valence-corrected chi connectivity index (χ3v) is 5.14. The van der Waals surface area contributed by atoms with Gasteiger partial charge in [0.25, 0.3) is 0 Å². The first-order valence-corrected chi connectivity index (χ1v) is 8.49. The summed E-state index contributed by atoms with van der Waals surface area (Å²) in [5.41, 5.74) is 1.78. The molecule has 1 fully saturated rings. The normalized spacial score (nSPS) is 24.9. The molecule has 1 saturated carbocycles. The Labute approximate surface area is 129 Å². The number of aryl methyl sites for hydroxylation is 1. The Morgan fingerprint density at radius 3 is 2.52 bits per heavy atom. The van der Waals surface area contributed by atoms with Crippen molar-refractivity contribution in [3.05, 3.63) is 35.1 Å². The molecule has 0 saturated heterocycles. The molecule has 0 radical (unpaired) electrons. The first-order chi connectivity index (χ1) is 9.97. The van der Waals surface area contributed by atoms with Gasteiger partial charge >= 0.3 is 0 Å². The molecule has 3 atom stereocenters. The maximum Gasteiger partial charge on any atom is 0.126 e. The molecule has 1 N–H and O–H groups in total. The third-order valence-electron chi connectivity index (χ3n) is 5.14. The van der Waals surface area contributed by atoms with Crippen LogP contribution in [0.25, 0.3) is 0 Å². The first-order valence-electron chi connectivity index (χ1n) is 8.49. The lowest BCUT2D eigenvalue weighted by Crippen LogP contribution is -2.31. The Morgan fingerprint density at radius 2 is 1.86 bits per heavy atom. The van der Waals surface area contributed by atoms with E-state index in [1.165, 1.54) is 32.1 Å². The summed E-state index contributed by atoms with van der Waals surface area (Å²) >= 11 is 0. The van der Waals surface area contributed by atoms with Gasteiger partial charge in [0.15, 0.2) is 0 Å². The van der Waals surface area contributed by atoms with E-state index < -0.39 is 0 Å². The van der Waals surface area contributed by atoms with Crippen LogP contribution in [0.2, 0.25) is 0 Å². The van der Waals surface area contributed by atoms with Gasteiger partial charge in [-0.15, -0.1) is 0 Å². The molecular weight excluding hydrogens is 261 g/mol. The van der Waals surface area contributed by atoms with Gasteiger partial charge in [-0.3, -0.25) is 0 Å². The van der Waals surface area contributed by atoms with E-state index in [0.717, 1.165) is 23.0 Å². The minimum atomic E-state index is -0.0955. The molecule has 118 valence electrons. The average Bonchev–Trinajstić information content (AvgIpc) is 2.67. The summed E-state index contributed by atoms with van der Waals surface area (Å²) in [6.45, 7) is 8.65. The highest BCUT2D eigenvalue weighted by atomic mass is 19.1. The number of rotatable bonds is 4. The summed E-state index contributed by atoms with van der Waals surface area (Å²) in [4.78, 5) is 0. The van der Waals surface area contributed by atoms with Gasteiger partial charge in [0, 0.05) is 12.1 Å². The molecule has 2 heteroatoms. The maximum atomic E-state index is 13.7. The molecule has 0 aliphatic heterocycles. The summed E-state index contributed by atoms with van der Waals surface area (Å²) in [5, 5.41) is 3.71. The predicted octanol–water partition coefficient (Wildman–Crippen LogP) is 5.39. The van der Waals surface area contributed by atoms with Gasteiger partial charge in [0.1, 0.15) is 5.82 Å². The molecule has 21 heavy (non-hydrogen) atoms. The Kier molecular flexibility index (Phi) is 5.80. The van der Waals surface area contributed by atoms with E-state index in [9.17, 15) is 4.39 Å². The van der Waals surface area contributed by atoms with E-state index in [1.54, 1.807) is 6.07 Å². The van der Waals surface area contributed by atoms with E-state index in [-0.39, 0.29) is 11.9 Å². The topological polar surface area (TPSA) is 12.0 Å². The highest BCUT2D eigenvalue weighted by Gasteiger charge is 2.22. The SMILES string of the molecule is Cc1ccc(C(C)NC2CCCC(C(C)C)CC2)cc1F. The highest BCUT2D eigenvalue weighted by molar-refractivity contribution is 5.25. The van der Waals surface area contributed by atoms with Crippen molar-refractivity contribution in [3.8, 4) is 0 Å². The van der Waals surface area contributed by atoms with Crippen molar-refractivity contribution < 1.29 is 4.39 Å². The van der Waals surface area contributed by atoms with Crippen molar-refractivity contribution in [2.75, 3.05) is 0 Å². The van der Waals surface area contributed by atoms with Gasteiger partial charge in [-0.2, -0.15) is 0 Å². The number of hydrogen-bond donors (Lipinski definition) is 1. The quantitative estimate of drug-likeness (QED) is 0.733. The lowest BCUT2D eigenvalue weighted by Gasteiger charge is -2.23. The fourth-order valence-corrected chi connectivity index (χ4v) is 3.49. The van der Waals surface area contributed by atoms with Crippen LogP contribution in [0.3, 0.4) is 0 Å². The minimum Gasteiger partial charge on any atom is -0.307 e. The molecule has 0 heterocycles. The standard InChI is InChI=1S/C19H30FN/c1-13(2)16-6-5-7-18(11-10-16)21-15(4)17-9-8-14(3)19(20)12-17/h8-9,12-13,15-16,18,21H,5-7,10-11H2,1-4H3. The fourth-order valence-electron chi connectivity index (χ4n) is 3.49. The molecular formula is C19H30FN. The molecule has 2 rings (SSSR count). The maximum absolute atomic E-state index is 13.7. The van der Waals surface area contributed by atoms with Gasteiger partial charge in [-0.1, -0.05) is 38.8 Å². The van der Waals surface area contributed by atoms with Crippen LogP contribution < -0.4 is 5.32 Å². The second-order valence-electron chi connectivity index (χ2n) is 7.11. The highest BCUT2D eigenvalue weighted by Crippen LogP contribution is 2.30. The van der Waals surface area contributed by atoms with Crippen LogP contribution in [-0.2, 0) is 0 Å². The zero-order valence-electron chi connectivity index (χ0n) is 14.0. The Balaban J connectivity index is 1.93. The molecule has 1 aromatic rings. The Hall–Kier alpha value is -0.890. The van der Waals surface area contributed by atoms with Crippen molar-refractivity contribution >= 4 is 0 Å². The van der Waals surface area contributed by atoms with E-state index in [4.69, 9.17) is 0 Å². The summed E-state index contributed by atoms with van der Waals surface area (Å²) < 4.78 is 13.7. The monoisotopic (exact) mass is 291 g/mol. The second kappa shape index (κ2) is 7.40. The minimum absolute atomic E-state index is 0.0955. The summed E-state index contributed by atoms with van der Waals surface area (Å²) in [6.07, 6.45) is 6.51. The van der Waals surface area contributed by atoms with E-state index in [2.05, 4.69) is 26.1 Å². The summed E-state index contributed by atoms with van der Waals surface area (Å²) in [6, 6.07) is 6.41. The van der Waals surface area contributed by atoms with Gasteiger partial charge in [-0.25, -0.2) is 4.39 Å². The zero-order chi connectivity index (χ0) is 15.4. The predicted molar refractivity (Wildman–Crippen MR) is 87.9 cm³/mol. The van der Waals surface area contributed by atoms with Crippen LogP contribution in [0.4, 0.5) is 4.39 Å². The molecule has 1 aromatic carbocycles. The Morgan fingerprint density at radius 1 is 1.10 bits per heavy atom. The summed E-state index contributed by atoms with van der Waals surface area (Å²) in [7, 11) is 0. The van der Waals surface area contributed by atoms with Crippen molar-refractivity contribution in [1.29, 1.82) is 0 Å². The van der Waals surface area contributed by atoms with Gasteiger partial charge in [0.05, 0.1) is 0 Å². The van der Waals surface area contributed by atoms with Crippen LogP contribution in [0.5, 0.6) is 0 Å². The van der Waals surface area contributed by atoms with Crippen LogP contribution in [-0.4, -0.2) is 6.04 Å². The van der Waals surface area contributed by atoms with Crippen molar-refractivity contribution in [2.24, 2.45) is 11.8 Å². The number of halogens is 1. The molecule has 0 spiro atoms. The largest absolute Gasteiger partial charge is 0.307 e. The lowest BCUT2D eigenvalue weighted by atomic mass is 9.89.